The lowest BCUT2D eigenvalue weighted by Gasteiger charge is -2.48. The maximum atomic E-state index is 13.2. The molecule has 2 aromatic rings. The average molecular weight is 411 g/mol. The van der Waals surface area contributed by atoms with Gasteiger partial charge < -0.3 is 14.7 Å². The Hall–Kier alpha value is -3.23. The van der Waals surface area contributed by atoms with Crippen LogP contribution >= 0.6 is 0 Å². The highest BCUT2D eigenvalue weighted by Gasteiger charge is 2.52. The molecule has 1 N–H and O–H groups in total. The number of aryl methyl sites for hydroxylation is 1. The average Bonchev–Trinajstić information content (AvgIpc) is 3.28. The van der Waals surface area contributed by atoms with Crippen LogP contribution in [0.1, 0.15) is 67.6 Å². The van der Waals surface area contributed by atoms with Crippen LogP contribution in [-0.4, -0.2) is 45.0 Å². The highest BCUT2D eigenvalue weighted by molar-refractivity contribution is 6.10. The van der Waals surface area contributed by atoms with E-state index in [9.17, 15) is 14.4 Å². The second-order valence-corrected chi connectivity index (χ2v) is 7.99. The maximum Gasteiger partial charge on any atom is 0.257 e. The van der Waals surface area contributed by atoms with Gasteiger partial charge in [0.05, 0.1) is 11.3 Å². The van der Waals surface area contributed by atoms with Crippen molar-refractivity contribution in [2.45, 2.75) is 58.2 Å². The Bertz CT molecular complexity index is 1000. The molecule has 4 rings (SSSR count). The van der Waals surface area contributed by atoms with E-state index in [1.165, 1.54) is 0 Å². The lowest BCUT2D eigenvalue weighted by atomic mass is 9.98. The van der Waals surface area contributed by atoms with Crippen molar-refractivity contribution in [3.63, 3.8) is 0 Å². The standard InChI is InChI=1S/C21H25N5O4/c1-13(19-23-14(2)24-30-19)22-17(27)9-6-12-25-20(29)15-7-4-5-8-16(15)26-18(28)10-11-21(25,26)3/h4-5,7-8,13H,6,9-12H2,1-3H3,(H,22,27). The SMILES string of the molecule is Cc1noc(C(C)NC(=O)CCCN2C(=O)c3ccccc3N3C(=O)CCC23C)n1. The number of hydrogen-bond donors (Lipinski definition) is 1. The van der Waals surface area contributed by atoms with Crippen molar-refractivity contribution in [2.24, 2.45) is 0 Å². The van der Waals surface area contributed by atoms with Crippen LogP contribution in [0, 0.1) is 6.92 Å². The molecule has 9 heteroatoms. The Morgan fingerprint density at radius 2 is 2.10 bits per heavy atom. The molecule has 0 radical (unpaired) electrons. The second-order valence-electron chi connectivity index (χ2n) is 7.99. The molecule has 1 fully saturated rings. The molecular weight excluding hydrogens is 386 g/mol. The fraction of sp³-hybridized carbons (Fsp3) is 0.476. The number of fused-ring (bicyclic) bond motifs is 3. The number of nitrogens with one attached hydrogen (secondary N) is 1. The number of aromatic nitrogens is 2. The summed E-state index contributed by atoms with van der Waals surface area (Å²) in [6.07, 6.45) is 1.70. The quantitative estimate of drug-likeness (QED) is 0.781. The van der Waals surface area contributed by atoms with E-state index in [4.69, 9.17) is 4.52 Å². The fourth-order valence-corrected chi connectivity index (χ4v) is 4.30. The monoisotopic (exact) mass is 411 g/mol. The first-order chi connectivity index (χ1) is 14.3. The summed E-state index contributed by atoms with van der Waals surface area (Å²) in [5.74, 6) is 0.626. The second kappa shape index (κ2) is 7.55. The zero-order chi connectivity index (χ0) is 21.5. The van der Waals surface area contributed by atoms with Gasteiger partial charge in [-0.2, -0.15) is 4.98 Å². The predicted octanol–water partition coefficient (Wildman–Crippen LogP) is 2.33. The summed E-state index contributed by atoms with van der Waals surface area (Å²) in [7, 11) is 0. The predicted molar refractivity (Wildman–Crippen MR) is 107 cm³/mol. The summed E-state index contributed by atoms with van der Waals surface area (Å²) in [6.45, 7) is 5.80. The maximum absolute atomic E-state index is 13.2. The first-order valence-corrected chi connectivity index (χ1v) is 10.1. The molecule has 30 heavy (non-hydrogen) atoms. The van der Waals surface area contributed by atoms with Crippen LogP contribution in [0.5, 0.6) is 0 Å². The topological polar surface area (TPSA) is 109 Å². The Balaban J connectivity index is 1.42. The van der Waals surface area contributed by atoms with Gasteiger partial charge in [-0.05, 0) is 45.7 Å². The van der Waals surface area contributed by atoms with Gasteiger partial charge in [-0.25, -0.2) is 0 Å². The molecule has 3 heterocycles. The molecule has 2 aliphatic rings. The summed E-state index contributed by atoms with van der Waals surface area (Å²) in [5, 5.41) is 6.56. The van der Waals surface area contributed by atoms with Crippen molar-refractivity contribution >= 4 is 23.4 Å². The summed E-state index contributed by atoms with van der Waals surface area (Å²) < 4.78 is 5.08. The molecule has 1 aromatic heterocycles. The third-order valence-electron chi connectivity index (χ3n) is 5.82. The zero-order valence-corrected chi connectivity index (χ0v) is 17.3. The summed E-state index contributed by atoms with van der Waals surface area (Å²) in [4.78, 5) is 45.7. The Morgan fingerprint density at radius 3 is 2.83 bits per heavy atom. The number of benzene rings is 1. The van der Waals surface area contributed by atoms with Gasteiger partial charge in [-0.3, -0.25) is 19.3 Å². The molecule has 2 atom stereocenters. The van der Waals surface area contributed by atoms with Gasteiger partial charge in [0.25, 0.3) is 5.91 Å². The van der Waals surface area contributed by atoms with Crippen molar-refractivity contribution < 1.29 is 18.9 Å². The Kier molecular flexibility index (Phi) is 5.05. The highest BCUT2D eigenvalue weighted by Crippen LogP contribution is 2.43. The van der Waals surface area contributed by atoms with Gasteiger partial charge in [0.2, 0.25) is 17.7 Å². The van der Waals surface area contributed by atoms with E-state index in [-0.39, 0.29) is 30.2 Å². The molecule has 0 saturated carbocycles. The third kappa shape index (κ3) is 3.34. The number of rotatable bonds is 6. The smallest absolute Gasteiger partial charge is 0.257 e. The largest absolute Gasteiger partial charge is 0.345 e. The fourth-order valence-electron chi connectivity index (χ4n) is 4.30. The van der Waals surface area contributed by atoms with E-state index in [1.54, 1.807) is 35.8 Å². The molecule has 2 aliphatic heterocycles. The van der Waals surface area contributed by atoms with Gasteiger partial charge in [0.15, 0.2) is 5.82 Å². The van der Waals surface area contributed by atoms with Gasteiger partial charge in [-0.15, -0.1) is 0 Å². The number of carbonyl (C=O) groups excluding carboxylic acids is 3. The molecule has 1 aromatic carbocycles. The summed E-state index contributed by atoms with van der Waals surface area (Å²) in [5.41, 5.74) is 0.494. The van der Waals surface area contributed by atoms with Crippen LogP contribution in [0.25, 0.3) is 0 Å². The highest BCUT2D eigenvalue weighted by atomic mass is 16.5. The van der Waals surface area contributed by atoms with Gasteiger partial charge in [0, 0.05) is 19.4 Å². The first-order valence-electron chi connectivity index (χ1n) is 10.1. The van der Waals surface area contributed by atoms with Gasteiger partial charge >= 0.3 is 0 Å². The third-order valence-corrected chi connectivity index (χ3v) is 5.82. The first kappa shape index (κ1) is 20.1. The number of amides is 3. The summed E-state index contributed by atoms with van der Waals surface area (Å²) >= 11 is 0. The van der Waals surface area contributed by atoms with Crippen LogP contribution in [0.2, 0.25) is 0 Å². The van der Waals surface area contributed by atoms with Crippen molar-refractivity contribution in [3.8, 4) is 0 Å². The Labute approximate surface area is 174 Å². The van der Waals surface area contributed by atoms with Crippen molar-refractivity contribution in [2.75, 3.05) is 11.4 Å². The molecule has 9 nitrogen and oxygen atoms in total. The molecule has 1 saturated heterocycles. The van der Waals surface area contributed by atoms with Gasteiger partial charge in [0.1, 0.15) is 11.7 Å². The van der Waals surface area contributed by atoms with E-state index in [0.29, 0.717) is 48.8 Å². The molecule has 0 bridgehead atoms. The van der Waals surface area contributed by atoms with E-state index in [0.717, 1.165) is 0 Å². The molecule has 3 amide bonds. The minimum Gasteiger partial charge on any atom is -0.345 e. The molecule has 2 unspecified atom stereocenters. The molecule has 158 valence electrons. The number of para-hydroxylation sites is 1. The van der Waals surface area contributed by atoms with Crippen LogP contribution in [0.4, 0.5) is 5.69 Å². The van der Waals surface area contributed by atoms with Crippen molar-refractivity contribution in [1.82, 2.24) is 20.4 Å². The van der Waals surface area contributed by atoms with Crippen molar-refractivity contribution in [3.05, 3.63) is 41.5 Å². The number of carbonyl (C=O) groups is 3. The Morgan fingerprint density at radius 1 is 1.33 bits per heavy atom. The molecule has 0 spiro atoms. The van der Waals surface area contributed by atoms with E-state index in [1.807, 2.05) is 19.1 Å². The minimum absolute atomic E-state index is 0.0175. The lowest BCUT2D eigenvalue weighted by Crippen LogP contribution is -2.62. The zero-order valence-electron chi connectivity index (χ0n) is 17.3. The van der Waals surface area contributed by atoms with E-state index >= 15 is 0 Å². The number of hydrogen-bond acceptors (Lipinski definition) is 6. The molecular formula is C21H25N5O4. The van der Waals surface area contributed by atoms with E-state index in [2.05, 4.69) is 15.5 Å². The van der Waals surface area contributed by atoms with Gasteiger partial charge in [-0.1, -0.05) is 17.3 Å². The van der Waals surface area contributed by atoms with Crippen LogP contribution in [0.3, 0.4) is 0 Å². The van der Waals surface area contributed by atoms with Crippen molar-refractivity contribution in [1.29, 1.82) is 0 Å². The van der Waals surface area contributed by atoms with E-state index < -0.39 is 5.66 Å². The summed E-state index contributed by atoms with van der Waals surface area (Å²) in [6, 6.07) is 6.82. The minimum atomic E-state index is -0.701. The molecule has 0 aliphatic carbocycles. The van der Waals surface area contributed by atoms with Crippen LogP contribution in [0.15, 0.2) is 28.8 Å². The normalized spacial score (nSPS) is 21.4. The van der Waals surface area contributed by atoms with Crippen LogP contribution < -0.4 is 10.2 Å². The van der Waals surface area contributed by atoms with Crippen LogP contribution in [-0.2, 0) is 9.59 Å². The number of anilines is 1. The lowest BCUT2D eigenvalue weighted by molar-refractivity contribution is -0.122. The number of nitrogens with zero attached hydrogens (tertiary/aromatic N) is 4.